The summed E-state index contributed by atoms with van der Waals surface area (Å²) in [6.07, 6.45) is 0. The van der Waals surface area contributed by atoms with Crippen molar-refractivity contribution in [1.29, 1.82) is 0 Å². The van der Waals surface area contributed by atoms with E-state index in [1.54, 1.807) is 0 Å². The summed E-state index contributed by atoms with van der Waals surface area (Å²) >= 11 is 0. The molecule has 0 bridgehead atoms. The third kappa shape index (κ3) is 2.00. The van der Waals surface area contributed by atoms with Gasteiger partial charge in [-0.25, -0.2) is 9.97 Å². The highest BCUT2D eigenvalue weighted by molar-refractivity contribution is 6.09. The summed E-state index contributed by atoms with van der Waals surface area (Å²) < 4.78 is 8.29. The van der Waals surface area contributed by atoms with Crippen molar-refractivity contribution in [3.63, 3.8) is 0 Å². The molecule has 7 rings (SSSR count). The van der Waals surface area contributed by atoms with Crippen LogP contribution in [0.1, 0.15) is 0 Å². The van der Waals surface area contributed by atoms with Gasteiger partial charge in [0.2, 0.25) is 5.95 Å². The Bertz CT molecular complexity index is 1580. The normalized spacial score (nSPS) is 12.3. The van der Waals surface area contributed by atoms with Crippen molar-refractivity contribution in [2.24, 2.45) is 0 Å². The predicted octanol–water partition coefficient (Wildman–Crippen LogP) is 6.50. The predicted molar refractivity (Wildman–Crippen MR) is 119 cm³/mol. The molecule has 0 N–H and O–H groups in total. The lowest BCUT2D eigenvalue weighted by Crippen LogP contribution is -2.06. The molecular weight excluding hydrogens is 370 g/mol. The van der Waals surface area contributed by atoms with Crippen LogP contribution in [-0.4, -0.2) is 14.5 Å². The number of ether oxygens (including phenoxy) is 1. The Morgan fingerprint density at radius 2 is 1.27 bits per heavy atom. The molecule has 4 heteroatoms. The molecule has 6 aromatic rings. The first-order valence-electron chi connectivity index (χ1n) is 9.95. The number of aromatic nitrogens is 3. The van der Waals surface area contributed by atoms with E-state index in [0.29, 0.717) is 5.95 Å². The van der Waals surface area contributed by atoms with Crippen molar-refractivity contribution in [3.8, 4) is 28.7 Å². The Kier molecular flexibility index (Phi) is 2.97. The van der Waals surface area contributed by atoms with Gasteiger partial charge in [0, 0.05) is 16.3 Å². The van der Waals surface area contributed by atoms with Crippen LogP contribution < -0.4 is 4.74 Å². The van der Waals surface area contributed by atoms with Gasteiger partial charge < -0.3 is 4.74 Å². The van der Waals surface area contributed by atoms with E-state index in [1.807, 2.05) is 36.4 Å². The van der Waals surface area contributed by atoms with E-state index in [1.165, 1.54) is 10.8 Å². The fourth-order valence-electron chi connectivity index (χ4n) is 4.53. The maximum absolute atomic E-state index is 6.13. The van der Waals surface area contributed by atoms with E-state index >= 15 is 0 Å². The van der Waals surface area contributed by atoms with Crippen molar-refractivity contribution in [2.45, 2.75) is 0 Å². The van der Waals surface area contributed by atoms with Gasteiger partial charge in [-0.3, -0.25) is 4.57 Å². The second-order valence-corrected chi connectivity index (χ2v) is 7.49. The summed E-state index contributed by atoms with van der Waals surface area (Å²) in [4.78, 5) is 10.1. The molecule has 2 aromatic heterocycles. The van der Waals surface area contributed by atoms with Crippen molar-refractivity contribution in [2.75, 3.05) is 0 Å². The van der Waals surface area contributed by atoms with Crippen molar-refractivity contribution in [1.82, 2.24) is 14.5 Å². The number of para-hydroxylation sites is 3. The standard InChI is InChI=1S/C26H15N3O/c1-4-12-20-16(8-1)17-9-2-5-13-21(17)29(20)26-27-19-11-7-15-23-24(19)25(28-26)18-10-3-6-14-22(18)30-23/h1-15H. The Labute approximate surface area is 172 Å². The summed E-state index contributed by atoms with van der Waals surface area (Å²) in [6.45, 7) is 0. The minimum absolute atomic E-state index is 0.670. The molecule has 0 fully saturated rings. The quantitative estimate of drug-likeness (QED) is 0.324. The number of nitrogens with zero attached hydrogens (tertiary/aromatic N) is 3. The molecule has 3 heterocycles. The van der Waals surface area contributed by atoms with Crippen LogP contribution in [0.2, 0.25) is 0 Å². The maximum atomic E-state index is 6.13. The molecule has 0 saturated carbocycles. The Balaban J connectivity index is 1.65. The number of hydrogen-bond donors (Lipinski definition) is 0. The molecular formula is C26H15N3O. The van der Waals surface area contributed by atoms with Gasteiger partial charge in [-0.2, -0.15) is 0 Å². The van der Waals surface area contributed by atoms with Gasteiger partial charge in [0.25, 0.3) is 0 Å². The summed E-state index contributed by atoms with van der Waals surface area (Å²) in [6, 6.07) is 30.9. The van der Waals surface area contributed by atoms with Gasteiger partial charge in [-0.05, 0) is 36.4 Å². The monoisotopic (exact) mass is 385 g/mol. The van der Waals surface area contributed by atoms with Gasteiger partial charge in [0.15, 0.2) is 0 Å². The van der Waals surface area contributed by atoms with E-state index in [2.05, 4.69) is 59.2 Å². The molecule has 0 spiro atoms. The van der Waals surface area contributed by atoms with Crippen molar-refractivity contribution in [3.05, 3.63) is 91.0 Å². The van der Waals surface area contributed by atoms with Crippen LogP contribution in [0.4, 0.5) is 0 Å². The molecule has 0 atom stereocenters. The third-order valence-corrected chi connectivity index (χ3v) is 5.82. The molecule has 0 radical (unpaired) electrons. The van der Waals surface area contributed by atoms with E-state index < -0.39 is 0 Å². The van der Waals surface area contributed by atoms with Crippen molar-refractivity contribution < 1.29 is 4.74 Å². The third-order valence-electron chi connectivity index (χ3n) is 5.82. The lowest BCUT2D eigenvalue weighted by Gasteiger charge is -2.20. The topological polar surface area (TPSA) is 39.9 Å². The first-order chi connectivity index (χ1) is 14.9. The Morgan fingerprint density at radius 1 is 0.600 bits per heavy atom. The van der Waals surface area contributed by atoms with Crippen LogP contribution in [0, 0.1) is 0 Å². The molecule has 4 aromatic carbocycles. The summed E-state index contributed by atoms with van der Waals surface area (Å²) in [7, 11) is 0. The van der Waals surface area contributed by atoms with Gasteiger partial charge >= 0.3 is 0 Å². The molecule has 0 saturated heterocycles. The Hall–Kier alpha value is -4.18. The molecule has 140 valence electrons. The SMILES string of the molecule is c1ccc2c(c1)Oc1cccc3nc(-n4c5ccccc5c5ccccc54)nc-2c13. The lowest BCUT2D eigenvalue weighted by molar-refractivity contribution is 0.486. The lowest BCUT2D eigenvalue weighted by atomic mass is 10.0. The van der Waals surface area contributed by atoms with Gasteiger partial charge in [0.05, 0.1) is 27.6 Å². The molecule has 0 unspecified atom stereocenters. The highest BCUT2D eigenvalue weighted by Crippen LogP contribution is 2.45. The van der Waals surface area contributed by atoms with E-state index in [9.17, 15) is 0 Å². The second kappa shape index (κ2) is 5.67. The van der Waals surface area contributed by atoms with Crippen LogP contribution in [-0.2, 0) is 0 Å². The zero-order valence-electron chi connectivity index (χ0n) is 15.9. The largest absolute Gasteiger partial charge is 0.456 e. The highest BCUT2D eigenvalue weighted by Gasteiger charge is 2.24. The zero-order chi connectivity index (χ0) is 19.7. The minimum atomic E-state index is 0.670. The summed E-state index contributed by atoms with van der Waals surface area (Å²) in [5, 5.41) is 3.35. The molecule has 1 aliphatic heterocycles. The molecule has 0 amide bonds. The number of hydrogen-bond acceptors (Lipinski definition) is 3. The van der Waals surface area contributed by atoms with E-state index in [-0.39, 0.29) is 0 Å². The minimum Gasteiger partial charge on any atom is -0.456 e. The molecule has 30 heavy (non-hydrogen) atoms. The first kappa shape index (κ1) is 15.7. The van der Waals surface area contributed by atoms with Crippen LogP contribution in [0.25, 0.3) is 49.9 Å². The number of fused-ring (bicyclic) bond motifs is 5. The fraction of sp³-hybridized carbons (Fsp3) is 0. The number of benzene rings is 4. The summed E-state index contributed by atoms with van der Waals surface area (Å²) in [5.74, 6) is 2.29. The van der Waals surface area contributed by atoms with E-state index in [4.69, 9.17) is 14.7 Å². The van der Waals surface area contributed by atoms with Gasteiger partial charge in [-0.1, -0.05) is 54.6 Å². The van der Waals surface area contributed by atoms with Crippen LogP contribution in [0.15, 0.2) is 91.0 Å². The smallest absolute Gasteiger partial charge is 0.235 e. The van der Waals surface area contributed by atoms with Gasteiger partial charge in [-0.15, -0.1) is 0 Å². The van der Waals surface area contributed by atoms with Crippen molar-refractivity contribution >= 4 is 32.7 Å². The molecule has 4 nitrogen and oxygen atoms in total. The average Bonchev–Trinajstić information content (AvgIpc) is 3.14. The van der Waals surface area contributed by atoms with Crippen LogP contribution in [0.5, 0.6) is 11.5 Å². The second-order valence-electron chi connectivity index (χ2n) is 7.49. The van der Waals surface area contributed by atoms with Crippen LogP contribution >= 0.6 is 0 Å². The average molecular weight is 385 g/mol. The maximum Gasteiger partial charge on any atom is 0.235 e. The van der Waals surface area contributed by atoms with E-state index in [0.717, 1.165) is 44.7 Å². The highest BCUT2D eigenvalue weighted by atomic mass is 16.5. The van der Waals surface area contributed by atoms with Gasteiger partial charge in [0.1, 0.15) is 11.5 Å². The first-order valence-corrected chi connectivity index (χ1v) is 9.95. The molecule has 1 aliphatic rings. The Morgan fingerprint density at radius 3 is 2.07 bits per heavy atom. The van der Waals surface area contributed by atoms with Crippen LogP contribution in [0.3, 0.4) is 0 Å². The zero-order valence-corrected chi connectivity index (χ0v) is 15.9. The fourth-order valence-corrected chi connectivity index (χ4v) is 4.53. The summed E-state index contributed by atoms with van der Waals surface area (Å²) in [5.41, 5.74) is 4.98. The number of rotatable bonds is 1. The molecule has 0 aliphatic carbocycles.